The summed E-state index contributed by atoms with van der Waals surface area (Å²) in [7, 11) is 3.73. The molecule has 16 heavy (non-hydrogen) atoms. The quantitative estimate of drug-likeness (QED) is 0.755. The third-order valence-electron chi connectivity index (χ3n) is 2.81. The van der Waals surface area contributed by atoms with E-state index in [1.165, 1.54) is 11.1 Å². The van der Waals surface area contributed by atoms with Gasteiger partial charge < -0.3 is 15.4 Å². The zero-order chi connectivity index (χ0) is 11.7. The lowest BCUT2D eigenvalue weighted by atomic mass is 10.1. The number of nitrogens with zero attached hydrogens (tertiary/aromatic N) is 1. The van der Waals surface area contributed by atoms with E-state index < -0.39 is 0 Å². The van der Waals surface area contributed by atoms with Gasteiger partial charge in [0.2, 0.25) is 0 Å². The molecule has 0 aromatic heterocycles. The minimum atomic E-state index is 0.145. The smallest absolute Gasteiger partial charge is 0.264 e. The van der Waals surface area contributed by atoms with Gasteiger partial charge in [0.15, 0.2) is 0 Å². The first-order chi connectivity index (χ1) is 7.58. The third kappa shape index (κ3) is 2.18. The molecule has 0 fully saturated rings. The van der Waals surface area contributed by atoms with Crippen LogP contribution in [0.15, 0.2) is 18.2 Å². The molecular weight excluding hydrogens is 220 g/mol. The fraction of sp³-hybridized carbons (Fsp3) is 0.417. The Morgan fingerprint density at radius 2 is 2.25 bits per heavy atom. The van der Waals surface area contributed by atoms with Crippen molar-refractivity contribution >= 4 is 17.4 Å². The number of benzene rings is 1. The summed E-state index contributed by atoms with van der Waals surface area (Å²) in [5.74, 6) is 0.773. The Morgan fingerprint density at radius 3 is 2.94 bits per heavy atom. The Hall–Kier alpha value is -1.13. The maximum atomic E-state index is 6.01. The molecule has 3 nitrogen and oxygen atoms in total. The van der Waals surface area contributed by atoms with E-state index in [1.54, 1.807) is 4.90 Å². The van der Waals surface area contributed by atoms with Crippen LogP contribution in [0.3, 0.4) is 0 Å². The Morgan fingerprint density at radius 1 is 1.50 bits per heavy atom. The van der Waals surface area contributed by atoms with Crippen LogP contribution in [0, 0.1) is 0 Å². The van der Waals surface area contributed by atoms with Crippen molar-refractivity contribution in [2.75, 3.05) is 14.1 Å². The summed E-state index contributed by atoms with van der Waals surface area (Å²) in [5, 5.41) is 0.464. The van der Waals surface area contributed by atoms with Gasteiger partial charge in [-0.2, -0.15) is 0 Å². The van der Waals surface area contributed by atoms with Gasteiger partial charge in [0.1, 0.15) is 5.75 Å². The van der Waals surface area contributed by atoms with Gasteiger partial charge in [0, 0.05) is 20.1 Å². The fourth-order valence-corrected chi connectivity index (χ4v) is 1.96. The van der Waals surface area contributed by atoms with Gasteiger partial charge in [-0.1, -0.05) is 6.07 Å². The molecule has 1 aromatic carbocycles. The van der Waals surface area contributed by atoms with Gasteiger partial charge in [0.05, 0.1) is 0 Å². The number of hydrogen-bond donors (Lipinski definition) is 1. The predicted octanol–water partition coefficient (Wildman–Crippen LogP) is 1.86. The standard InChI is InChI=1S/C12H16N2OS/c1-14(2)12(16)15-9-5-3-8-4-6-11(13)10(8)7-9/h3,5,7,11H,4,6,13H2,1-2H3. The van der Waals surface area contributed by atoms with Gasteiger partial charge in [-0.3, -0.25) is 0 Å². The lowest BCUT2D eigenvalue weighted by Crippen LogP contribution is -2.25. The number of fused-ring (bicyclic) bond motifs is 1. The van der Waals surface area contributed by atoms with E-state index in [2.05, 4.69) is 6.07 Å². The highest BCUT2D eigenvalue weighted by atomic mass is 32.1. The molecule has 86 valence electrons. The maximum Gasteiger partial charge on any atom is 0.264 e. The van der Waals surface area contributed by atoms with Crippen LogP contribution in [0.5, 0.6) is 5.75 Å². The second kappa shape index (κ2) is 4.39. The van der Waals surface area contributed by atoms with E-state index in [0.717, 1.165) is 18.6 Å². The molecule has 1 aromatic rings. The van der Waals surface area contributed by atoms with E-state index in [1.807, 2.05) is 26.2 Å². The summed E-state index contributed by atoms with van der Waals surface area (Å²) in [5.41, 5.74) is 8.53. The first kappa shape index (κ1) is 11.4. The van der Waals surface area contributed by atoms with Gasteiger partial charge in [0.25, 0.3) is 5.17 Å². The molecule has 0 aliphatic heterocycles. The van der Waals surface area contributed by atoms with E-state index in [4.69, 9.17) is 22.7 Å². The van der Waals surface area contributed by atoms with Gasteiger partial charge >= 0.3 is 0 Å². The normalized spacial score (nSPS) is 18.1. The van der Waals surface area contributed by atoms with E-state index in [-0.39, 0.29) is 6.04 Å². The number of rotatable bonds is 1. The molecule has 1 aliphatic rings. The van der Waals surface area contributed by atoms with E-state index >= 15 is 0 Å². The molecule has 1 unspecified atom stereocenters. The first-order valence-corrected chi connectivity index (χ1v) is 5.76. The molecule has 2 N–H and O–H groups in total. The van der Waals surface area contributed by atoms with Crippen LogP contribution in [-0.4, -0.2) is 24.2 Å². The Kier molecular flexibility index (Phi) is 3.12. The Labute approximate surface area is 101 Å². The molecule has 4 heteroatoms. The Bertz CT molecular complexity index is 417. The van der Waals surface area contributed by atoms with Crippen LogP contribution in [0.25, 0.3) is 0 Å². The Balaban J connectivity index is 2.18. The van der Waals surface area contributed by atoms with Crippen LogP contribution in [-0.2, 0) is 6.42 Å². The highest BCUT2D eigenvalue weighted by Gasteiger charge is 2.19. The second-order valence-corrected chi connectivity index (χ2v) is 4.62. The molecule has 0 bridgehead atoms. The fourth-order valence-electron chi connectivity index (χ4n) is 1.87. The van der Waals surface area contributed by atoms with Gasteiger partial charge in [-0.15, -0.1) is 0 Å². The minimum Gasteiger partial charge on any atom is -0.432 e. The zero-order valence-electron chi connectivity index (χ0n) is 9.56. The first-order valence-electron chi connectivity index (χ1n) is 5.35. The summed E-state index contributed by atoms with van der Waals surface area (Å²) in [6.45, 7) is 0. The largest absolute Gasteiger partial charge is 0.432 e. The minimum absolute atomic E-state index is 0.145. The number of nitrogens with two attached hydrogens (primary N) is 1. The van der Waals surface area contributed by atoms with Crippen LogP contribution < -0.4 is 10.5 Å². The highest BCUT2D eigenvalue weighted by Crippen LogP contribution is 2.32. The second-order valence-electron chi connectivity index (χ2n) is 4.27. The number of ether oxygens (including phenoxy) is 1. The predicted molar refractivity (Wildman–Crippen MR) is 68.6 cm³/mol. The van der Waals surface area contributed by atoms with Crippen LogP contribution >= 0.6 is 12.2 Å². The van der Waals surface area contributed by atoms with E-state index in [0.29, 0.717) is 5.17 Å². The molecule has 0 heterocycles. The average Bonchev–Trinajstić information content (AvgIpc) is 2.60. The number of thiocarbonyl (C=S) groups is 1. The molecule has 0 radical (unpaired) electrons. The molecular formula is C12H16N2OS. The molecule has 0 saturated heterocycles. The topological polar surface area (TPSA) is 38.5 Å². The van der Waals surface area contributed by atoms with Crippen molar-refractivity contribution in [1.82, 2.24) is 4.90 Å². The van der Waals surface area contributed by atoms with Gasteiger partial charge in [-0.25, -0.2) is 0 Å². The third-order valence-corrected chi connectivity index (χ3v) is 3.26. The molecule has 2 rings (SSSR count). The zero-order valence-corrected chi connectivity index (χ0v) is 10.4. The van der Waals surface area contributed by atoms with Crippen molar-refractivity contribution in [2.45, 2.75) is 18.9 Å². The molecule has 1 aliphatic carbocycles. The van der Waals surface area contributed by atoms with Crippen molar-refractivity contribution in [3.8, 4) is 5.75 Å². The maximum absolute atomic E-state index is 6.01. The monoisotopic (exact) mass is 236 g/mol. The van der Waals surface area contributed by atoms with Crippen molar-refractivity contribution in [1.29, 1.82) is 0 Å². The summed E-state index contributed by atoms with van der Waals surface area (Å²) in [4.78, 5) is 1.77. The lowest BCUT2D eigenvalue weighted by Gasteiger charge is -2.15. The highest BCUT2D eigenvalue weighted by molar-refractivity contribution is 7.80. The van der Waals surface area contributed by atoms with Crippen molar-refractivity contribution < 1.29 is 4.74 Å². The van der Waals surface area contributed by atoms with Crippen molar-refractivity contribution in [3.63, 3.8) is 0 Å². The average molecular weight is 236 g/mol. The van der Waals surface area contributed by atoms with Crippen molar-refractivity contribution in [2.24, 2.45) is 5.73 Å². The molecule has 0 amide bonds. The number of hydrogen-bond acceptors (Lipinski definition) is 3. The lowest BCUT2D eigenvalue weighted by molar-refractivity contribution is 0.449. The van der Waals surface area contributed by atoms with Crippen LogP contribution in [0.4, 0.5) is 0 Å². The SMILES string of the molecule is CN(C)C(=S)Oc1ccc2c(c1)C(N)CC2. The summed E-state index contributed by atoms with van der Waals surface area (Å²) in [6, 6.07) is 6.18. The van der Waals surface area contributed by atoms with Crippen LogP contribution in [0.1, 0.15) is 23.6 Å². The summed E-state index contributed by atoms with van der Waals surface area (Å²) in [6.07, 6.45) is 2.09. The number of aryl methyl sites for hydroxylation is 1. The molecule has 0 saturated carbocycles. The summed E-state index contributed by atoms with van der Waals surface area (Å²) < 4.78 is 5.55. The molecule has 1 atom stereocenters. The van der Waals surface area contributed by atoms with Crippen LogP contribution in [0.2, 0.25) is 0 Å². The van der Waals surface area contributed by atoms with Gasteiger partial charge in [-0.05, 0) is 48.3 Å². The van der Waals surface area contributed by atoms with Crippen molar-refractivity contribution in [3.05, 3.63) is 29.3 Å². The summed E-state index contributed by atoms with van der Waals surface area (Å²) >= 11 is 5.09. The van der Waals surface area contributed by atoms with E-state index in [9.17, 15) is 0 Å². The molecule has 0 spiro atoms.